The topological polar surface area (TPSA) is 69.0 Å². The summed E-state index contributed by atoms with van der Waals surface area (Å²) in [6.07, 6.45) is 3.74. The summed E-state index contributed by atoms with van der Waals surface area (Å²) in [4.78, 5) is 20.2. The van der Waals surface area contributed by atoms with Crippen molar-refractivity contribution in [3.63, 3.8) is 0 Å². The second-order valence-corrected chi connectivity index (χ2v) is 10.1. The molecule has 0 atom stereocenters. The van der Waals surface area contributed by atoms with Gasteiger partial charge in [-0.3, -0.25) is 4.98 Å². The third-order valence-electron chi connectivity index (χ3n) is 7.17. The van der Waals surface area contributed by atoms with E-state index in [0.29, 0.717) is 29.9 Å². The van der Waals surface area contributed by atoms with Crippen LogP contribution in [0, 0.1) is 5.92 Å². The van der Waals surface area contributed by atoms with Gasteiger partial charge in [-0.1, -0.05) is 13.8 Å². The lowest BCUT2D eigenvalue weighted by molar-refractivity contribution is -0.141. The van der Waals surface area contributed by atoms with Gasteiger partial charge in [-0.05, 0) is 49.7 Å². The smallest absolute Gasteiger partial charge is 0.434 e. The van der Waals surface area contributed by atoms with Gasteiger partial charge in [0, 0.05) is 37.5 Å². The third kappa shape index (κ3) is 4.90. The van der Waals surface area contributed by atoms with Crippen molar-refractivity contribution in [2.24, 2.45) is 13.0 Å². The van der Waals surface area contributed by atoms with Crippen LogP contribution in [0.3, 0.4) is 0 Å². The van der Waals surface area contributed by atoms with E-state index in [4.69, 9.17) is 9.72 Å². The second-order valence-electron chi connectivity index (χ2n) is 10.1. The number of aryl methyl sites for hydroxylation is 1. The van der Waals surface area contributed by atoms with E-state index >= 15 is 0 Å². The fourth-order valence-corrected chi connectivity index (χ4v) is 5.35. The quantitative estimate of drug-likeness (QED) is 0.455. The average molecular weight is 501 g/mol. The lowest BCUT2D eigenvalue weighted by Gasteiger charge is -2.35. The Balaban J connectivity index is 1.29. The Morgan fingerprint density at radius 1 is 1.11 bits per heavy atom. The number of fused-ring (bicyclic) bond motifs is 1. The van der Waals surface area contributed by atoms with Crippen LogP contribution < -0.4 is 9.64 Å². The standard InChI is InChI=1S/C26H31F3N6O/c1-16(2)22-19(5-4-10-30-22)23-31-13-20-25(33-23)35(11-12-36-20)14-17-6-8-18(9-7-17)24-32-21(15-34(24)3)26(27,28)29/h4-5,10,13,15-18H,6-9,11-12,14H2,1-3H3. The van der Waals surface area contributed by atoms with Crippen LogP contribution in [0.5, 0.6) is 5.75 Å². The number of imidazole rings is 1. The van der Waals surface area contributed by atoms with Crippen molar-refractivity contribution in [3.8, 4) is 17.1 Å². The fraction of sp³-hybridized carbons (Fsp3) is 0.538. The fourth-order valence-electron chi connectivity index (χ4n) is 5.35. The van der Waals surface area contributed by atoms with Gasteiger partial charge in [0.05, 0.1) is 18.4 Å². The molecule has 4 heterocycles. The Bertz CT molecular complexity index is 1220. The van der Waals surface area contributed by atoms with Crippen LogP contribution >= 0.6 is 0 Å². The highest BCUT2D eigenvalue weighted by molar-refractivity contribution is 5.64. The zero-order valence-electron chi connectivity index (χ0n) is 20.8. The van der Waals surface area contributed by atoms with Crippen LogP contribution in [-0.2, 0) is 13.2 Å². The van der Waals surface area contributed by atoms with E-state index in [1.54, 1.807) is 19.4 Å². The third-order valence-corrected chi connectivity index (χ3v) is 7.17. The number of anilines is 1. The number of alkyl halides is 3. The lowest BCUT2D eigenvalue weighted by atomic mass is 9.81. The summed E-state index contributed by atoms with van der Waals surface area (Å²) in [6, 6.07) is 3.90. The first-order chi connectivity index (χ1) is 17.2. The summed E-state index contributed by atoms with van der Waals surface area (Å²) in [6.45, 7) is 6.35. The summed E-state index contributed by atoms with van der Waals surface area (Å²) in [7, 11) is 1.65. The number of rotatable bonds is 5. The summed E-state index contributed by atoms with van der Waals surface area (Å²) >= 11 is 0. The Morgan fingerprint density at radius 2 is 1.89 bits per heavy atom. The molecular weight excluding hydrogens is 469 g/mol. The highest BCUT2D eigenvalue weighted by Gasteiger charge is 2.36. The minimum absolute atomic E-state index is 0.0493. The normalized spacial score (nSPS) is 20.4. The monoisotopic (exact) mass is 500 g/mol. The molecule has 1 aliphatic heterocycles. The number of nitrogens with zero attached hydrogens (tertiary/aromatic N) is 6. The molecule has 1 aliphatic carbocycles. The summed E-state index contributed by atoms with van der Waals surface area (Å²) in [5.41, 5.74) is 1.08. The molecule has 0 N–H and O–H groups in total. The number of aromatic nitrogens is 5. The van der Waals surface area contributed by atoms with Crippen molar-refractivity contribution in [2.75, 3.05) is 24.6 Å². The summed E-state index contributed by atoms with van der Waals surface area (Å²) in [5.74, 6) is 3.37. The zero-order chi connectivity index (χ0) is 25.4. The van der Waals surface area contributed by atoms with Crippen LogP contribution in [0.2, 0.25) is 0 Å². The molecule has 0 unspecified atom stereocenters. The van der Waals surface area contributed by atoms with E-state index in [2.05, 4.69) is 33.7 Å². The Morgan fingerprint density at radius 3 is 2.58 bits per heavy atom. The van der Waals surface area contributed by atoms with E-state index in [1.807, 2.05) is 12.1 Å². The van der Waals surface area contributed by atoms with Crippen molar-refractivity contribution in [2.45, 2.75) is 57.5 Å². The average Bonchev–Trinajstić information content (AvgIpc) is 3.26. The van der Waals surface area contributed by atoms with Crippen molar-refractivity contribution in [3.05, 3.63) is 47.9 Å². The predicted molar refractivity (Wildman–Crippen MR) is 130 cm³/mol. The van der Waals surface area contributed by atoms with Crippen molar-refractivity contribution in [1.82, 2.24) is 24.5 Å². The molecule has 5 rings (SSSR count). The Kier molecular flexibility index (Phi) is 6.61. The van der Waals surface area contributed by atoms with E-state index < -0.39 is 11.9 Å². The van der Waals surface area contributed by atoms with Gasteiger partial charge in [0.2, 0.25) is 0 Å². The van der Waals surface area contributed by atoms with Crippen molar-refractivity contribution in [1.29, 1.82) is 0 Å². The SMILES string of the molecule is CC(C)c1ncccc1-c1ncc2c(n1)N(CC1CCC(c3nc(C(F)(F)F)cn3C)CC1)CCO2. The minimum Gasteiger partial charge on any atom is -0.486 e. The van der Waals surface area contributed by atoms with E-state index in [-0.39, 0.29) is 11.8 Å². The zero-order valence-corrected chi connectivity index (χ0v) is 20.8. The molecule has 0 amide bonds. The van der Waals surface area contributed by atoms with E-state index in [9.17, 15) is 13.2 Å². The van der Waals surface area contributed by atoms with E-state index in [0.717, 1.165) is 62.0 Å². The number of pyridine rings is 1. The molecule has 36 heavy (non-hydrogen) atoms. The van der Waals surface area contributed by atoms with Gasteiger partial charge in [0.1, 0.15) is 12.4 Å². The molecule has 0 bridgehead atoms. The van der Waals surface area contributed by atoms with Crippen molar-refractivity contribution < 1.29 is 17.9 Å². The van der Waals surface area contributed by atoms with Gasteiger partial charge < -0.3 is 14.2 Å². The van der Waals surface area contributed by atoms with Gasteiger partial charge >= 0.3 is 6.18 Å². The second kappa shape index (κ2) is 9.71. The maximum Gasteiger partial charge on any atom is 0.434 e. The number of ether oxygens (including phenoxy) is 1. The molecular formula is C26H31F3N6O. The maximum atomic E-state index is 13.1. The highest BCUT2D eigenvalue weighted by Crippen LogP contribution is 2.39. The molecule has 0 saturated heterocycles. The number of hydrogen-bond donors (Lipinski definition) is 0. The van der Waals surface area contributed by atoms with Crippen LogP contribution in [-0.4, -0.2) is 44.2 Å². The van der Waals surface area contributed by atoms with Crippen LogP contribution in [0.15, 0.2) is 30.7 Å². The first kappa shape index (κ1) is 24.5. The lowest BCUT2D eigenvalue weighted by Crippen LogP contribution is -2.38. The molecule has 3 aromatic heterocycles. The molecule has 7 nitrogen and oxygen atoms in total. The van der Waals surface area contributed by atoms with Crippen molar-refractivity contribution >= 4 is 5.82 Å². The molecule has 0 spiro atoms. The van der Waals surface area contributed by atoms with Crippen LogP contribution in [0.25, 0.3) is 11.4 Å². The van der Waals surface area contributed by atoms with Crippen LogP contribution in [0.1, 0.15) is 68.6 Å². The van der Waals surface area contributed by atoms with Gasteiger partial charge in [-0.2, -0.15) is 13.2 Å². The molecule has 3 aromatic rings. The Labute approximate surface area is 208 Å². The predicted octanol–water partition coefficient (Wildman–Crippen LogP) is 5.59. The largest absolute Gasteiger partial charge is 0.486 e. The summed E-state index contributed by atoms with van der Waals surface area (Å²) in [5, 5.41) is 0. The van der Waals surface area contributed by atoms with Gasteiger partial charge in [0.25, 0.3) is 0 Å². The minimum atomic E-state index is -4.41. The molecule has 0 aromatic carbocycles. The maximum absolute atomic E-state index is 13.1. The molecule has 192 valence electrons. The highest BCUT2D eigenvalue weighted by atomic mass is 19.4. The number of hydrogen-bond acceptors (Lipinski definition) is 6. The van der Waals surface area contributed by atoms with Gasteiger partial charge in [0.15, 0.2) is 23.1 Å². The number of halogens is 3. The van der Waals surface area contributed by atoms with Gasteiger partial charge in [-0.15, -0.1) is 0 Å². The molecule has 2 aliphatic rings. The molecule has 1 saturated carbocycles. The molecule has 0 radical (unpaired) electrons. The Hall–Kier alpha value is -3.17. The first-order valence-corrected chi connectivity index (χ1v) is 12.5. The van der Waals surface area contributed by atoms with E-state index in [1.165, 1.54) is 4.57 Å². The summed E-state index contributed by atoms with van der Waals surface area (Å²) < 4.78 is 46.6. The molecule has 1 fully saturated rings. The molecule has 10 heteroatoms. The first-order valence-electron chi connectivity index (χ1n) is 12.5. The van der Waals surface area contributed by atoms with Crippen LogP contribution in [0.4, 0.5) is 19.0 Å². The van der Waals surface area contributed by atoms with Gasteiger partial charge in [-0.25, -0.2) is 15.0 Å².